The fourth-order valence-corrected chi connectivity index (χ4v) is 12.5. The molecule has 0 radical (unpaired) electrons. The van der Waals surface area contributed by atoms with Crippen molar-refractivity contribution in [2.45, 2.75) is 92.9 Å². The fourth-order valence-electron chi connectivity index (χ4n) is 11.9. The third-order valence-corrected chi connectivity index (χ3v) is 19.2. The van der Waals surface area contributed by atoms with Crippen LogP contribution in [0.4, 0.5) is 22.7 Å². The molecule has 0 bridgehead atoms. The van der Waals surface area contributed by atoms with E-state index in [0.717, 1.165) is 95.1 Å². The Morgan fingerprint density at radius 3 is 1.12 bits per heavy atom. The standard InChI is InChI=1S/C24H24N2O2.C23H23N3O2.2C22H20ClN3O2/c1-4-24(28)26(3)22-10-9-21(15-17(22)2)19-5-7-20(8-6-19)23(27)16-18-11-13-25-14-12-18;1-4-23(28)26(3)21-8-6-18(13-16(21)2)19-5-7-20(25-15-19)22(27)14-17-9-11-24-12-10-17;1-3-22(28)26(2)17-7-8-18(19(23)12-17)20-9-6-16(14-25-20)21(27)11-15-5-4-10-24-13-15;1-3-22(28)26(2)17-7-8-18(19(23)12-17)16-6-9-20(25-14-16)21(27)11-15-5-4-10-24-13-15/h5-15H,4,16H2,1-3H3;5-13,15H,4,14H2,1-3H3;2*4-10,12-14H,3,11H2,1-2H3. The van der Waals surface area contributed by atoms with E-state index in [-0.39, 0.29) is 59.6 Å². The van der Waals surface area contributed by atoms with Gasteiger partial charge in [-0.15, -0.1) is 0 Å². The maximum atomic E-state index is 12.5. The number of ketones is 4. The molecule has 0 aliphatic heterocycles. The van der Waals surface area contributed by atoms with Crippen LogP contribution in [0.25, 0.3) is 44.6 Å². The second-order valence-electron chi connectivity index (χ2n) is 26.3. The Balaban J connectivity index is 0.000000171. The first-order valence-corrected chi connectivity index (χ1v) is 37.3. The van der Waals surface area contributed by atoms with E-state index in [2.05, 4.69) is 41.0 Å². The van der Waals surface area contributed by atoms with E-state index in [1.165, 1.54) is 0 Å². The number of nitrogens with zero attached hydrogens (tertiary/aromatic N) is 11. The molecular formula is C91H87Cl2N11O8. The predicted molar refractivity (Wildman–Crippen MR) is 444 cm³/mol. The van der Waals surface area contributed by atoms with E-state index in [1.807, 2.05) is 169 Å². The highest BCUT2D eigenvalue weighted by molar-refractivity contribution is 6.34. The minimum atomic E-state index is -0.0688. The monoisotopic (exact) mass is 1530 g/mol. The second kappa shape index (κ2) is 40.6. The van der Waals surface area contributed by atoms with Crippen molar-refractivity contribution in [1.29, 1.82) is 0 Å². The van der Waals surface area contributed by atoms with E-state index < -0.39 is 0 Å². The molecule has 0 atom stereocenters. The number of halogens is 2. The van der Waals surface area contributed by atoms with Crippen LogP contribution >= 0.6 is 23.2 Å². The van der Waals surface area contributed by atoms with Crippen molar-refractivity contribution in [3.05, 3.63) is 316 Å². The highest BCUT2D eigenvalue weighted by Crippen LogP contribution is 2.34. The van der Waals surface area contributed by atoms with Crippen molar-refractivity contribution in [3.63, 3.8) is 0 Å². The maximum Gasteiger partial charge on any atom is 0.226 e. The molecule has 12 aromatic rings. The van der Waals surface area contributed by atoms with Crippen LogP contribution in [-0.4, -0.2) is 110 Å². The van der Waals surface area contributed by atoms with Crippen LogP contribution in [0.1, 0.15) is 128 Å². The molecule has 0 fully saturated rings. The predicted octanol–water partition coefficient (Wildman–Crippen LogP) is 18.3. The van der Waals surface area contributed by atoms with Crippen molar-refractivity contribution in [3.8, 4) is 44.6 Å². The number of hydrogen-bond donors (Lipinski definition) is 0. The van der Waals surface area contributed by atoms with Crippen molar-refractivity contribution >= 4 is 92.7 Å². The SMILES string of the molecule is CCC(=O)N(C)c1ccc(-c2ccc(C(=O)Cc3cccnc3)cn2)c(Cl)c1.CCC(=O)N(C)c1ccc(-c2ccc(C(=O)Cc3cccnc3)nc2)c(Cl)c1.CCC(=O)N(C)c1ccc(-c2ccc(C(=O)Cc3ccncc3)cc2)cc1C.CCC(=O)N(C)c1ccc(-c2ccc(C(=O)Cc3ccncc3)nc2)cc1C. The average molecular weight is 1530 g/mol. The zero-order valence-corrected chi connectivity index (χ0v) is 65.8. The lowest BCUT2D eigenvalue weighted by atomic mass is 9.98. The van der Waals surface area contributed by atoms with Crippen molar-refractivity contribution in [2.75, 3.05) is 47.8 Å². The van der Waals surface area contributed by atoms with Gasteiger partial charge in [0.2, 0.25) is 23.6 Å². The first-order chi connectivity index (χ1) is 54.0. The molecule has 0 N–H and O–H groups in total. The number of carbonyl (C=O) groups excluding carboxylic acids is 8. The van der Waals surface area contributed by atoms with Crippen molar-refractivity contribution < 1.29 is 38.4 Å². The third kappa shape index (κ3) is 22.7. The largest absolute Gasteiger partial charge is 0.315 e. The molecule has 21 heteroatoms. The first kappa shape index (κ1) is 83.3. The number of anilines is 4. The van der Waals surface area contributed by atoms with E-state index in [9.17, 15) is 38.4 Å². The van der Waals surface area contributed by atoms with Crippen LogP contribution in [0.2, 0.25) is 10.0 Å². The molecule has 12 rings (SSSR count). The number of aromatic nitrogens is 7. The van der Waals surface area contributed by atoms with E-state index in [1.54, 1.807) is 164 Å². The molecular weight excluding hydrogens is 1450 g/mol. The smallest absolute Gasteiger partial charge is 0.226 e. The summed E-state index contributed by atoms with van der Waals surface area (Å²) in [4.78, 5) is 133. The van der Waals surface area contributed by atoms with Crippen LogP contribution in [0.5, 0.6) is 0 Å². The molecule has 7 heterocycles. The summed E-state index contributed by atoms with van der Waals surface area (Å²) in [5.41, 5.74) is 18.0. The van der Waals surface area contributed by atoms with Gasteiger partial charge in [-0.3, -0.25) is 73.2 Å². The Morgan fingerprint density at radius 1 is 0.321 bits per heavy atom. The van der Waals surface area contributed by atoms with Crippen molar-refractivity contribution in [1.82, 2.24) is 34.9 Å². The summed E-state index contributed by atoms with van der Waals surface area (Å²) in [6.45, 7) is 11.3. The van der Waals surface area contributed by atoms with E-state index >= 15 is 0 Å². The van der Waals surface area contributed by atoms with E-state index in [0.29, 0.717) is 76.8 Å². The molecule has 19 nitrogen and oxygen atoms in total. The number of amides is 4. The maximum absolute atomic E-state index is 12.5. The summed E-state index contributed by atoms with van der Waals surface area (Å²) in [6.07, 6.45) is 21.4. The lowest BCUT2D eigenvalue weighted by Crippen LogP contribution is -2.25. The zero-order valence-electron chi connectivity index (χ0n) is 64.3. The number of pyridine rings is 7. The lowest BCUT2D eigenvalue weighted by Gasteiger charge is -2.19. The summed E-state index contributed by atoms with van der Waals surface area (Å²) in [5, 5.41) is 1.01. The highest BCUT2D eigenvalue weighted by Gasteiger charge is 2.20. The van der Waals surface area contributed by atoms with Crippen LogP contribution in [0.15, 0.2) is 250 Å². The summed E-state index contributed by atoms with van der Waals surface area (Å²) in [6, 6.07) is 56.0. The molecule has 0 saturated heterocycles. The van der Waals surface area contributed by atoms with Crippen molar-refractivity contribution in [2.24, 2.45) is 0 Å². The van der Waals surface area contributed by atoms with Gasteiger partial charge in [0.05, 0.1) is 15.7 Å². The van der Waals surface area contributed by atoms with Gasteiger partial charge < -0.3 is 19.6 Å². The average Bonchev–Trinajstić information content (AvgIpc) is 0.833. The van der Waals surface area contributed by atoms with Gasteiger partial charge in [0.25, 0.3) is 0 Å². The number of Topliss-reactive ketones (excluding diaryl/α,β-unsaturated/α-hetero) is 4. The highest BCUT2D eigenvalue weighted by atomic mass is 35.5. The second-order valence-corrected chi connectivity index (χ2v) is 27.1. The topological polar surface area (TPSA) is 240 Å². The minimum absolute atomic E-state index is 0.0124. The molecule has 4 amide bonds. The normalized spacial score (nSPS) is 10.5. The molecule has 0 unspecified atom stereocenters. The molecule has 7 aromatic heterocycles. The van der Waals surface area contributed by atoms with Gasteiger partial charge in [0.1, 0.15) is 11.4 Å². The van der Waals surface area contributed by atoms with Gasteiger partial charge >= 0.3 is 0 Å². The van der Waals surface area contributed by atoms with Crippen LogP contribution in [-0.2, 0) is 44.9 Å². The molecule has 568 valence electrons. The molecule has 0 aliphatic carbocycles. The number of rotatable bonds is 24. The first-order valence-electron chi connectivity index (χ1n) is 36.5. The summed E-state index contributed by atoms with van der Waals surface area (Å²) in [5.74, 6) is 0.171. The van der Waals surface area contributed by atoms with Crippen LogP contribution < -0.4 is 19.6 Å². The van der Waals surface area contributed by atoms with Gasteiger partial charge in [-0.05, 0) is 179 Å². The van der Waals surface area contributed by atoms with E-state index in [4.69, 9.17) is 23.2 Å². The molecule has 5 aromatic carbocycles. The van der Waals surface area contributed by atoms with Crippen LogP contribution in [0.3, 0.4) is 0 Å². The van der Waals surface area contributed by atoms with Gasteiger partial charge in [-0.25, -0.2) is 0 Å². The van der Waals surface area contributed by atoms with Gasteiger partial charge in [0.15, 0.2) is 23.1 Å². The quantitative estimate of drug-likeness (QED) is 0.0511. The number of carbonyl (C=O) groups is 8. The van der Waals surface area contributed by atoms with Gasteiger partial charge in [-0.1, -0.05) is 118 Å². The number of hydrogen-bond acceptors (Lipinski definition) is 15. The summed E-state index contributed by atoms with van der Waals surface area (Å²) < 4.78 is 0. The third-order valence-electron chi connectivity index (χ3n) is 18.5. The molecule has 112 heavy (non-hydrogen) atoms. The molecule has 0 spiro atoms. The Hall–Kier alpha value is -12.7. The summed E-state index contributed by atoms with van der Waals surface area (Å²) in [7, 11) is 7.04. The Labute approximate surface area is 663 Å². The Morgan fingerprint density at radius 2 is 0.714 bits per heavy atom. The van der Waals surface area contributed by atoms with Gasteiger partial charge in [0, 0.05) is 204 Å². The number of aryl methyl sites for hydroxylation is 2. The molecule has 0 saturated carbocycles. The Kier molecular flexibility index (Phi) is 30.2. The fraction of sp³-hybridized carbons (Fsp3) is 0.198. The molecule has 0 aliphatic rings. The Bertz CT molecular complexity index is 4930. The minimum Gasteiger partial charge on any atom is -0.315 e. The summed E-state index contributed by atoms with van der Waals surface area (Å²) >= 11 is 12.8. The zero-order chi connectivity index (χ0) is 80.4. The van der Waals surface area contributed by atoms with Gasteiger partial charge in [-0.2, -0.15) is 0 Å². The van der Waals surface area contributed by atoms with Crippen LogP contribution in [0, 0.1) is 13.8 Å². The number of benzene rings is 5. The lowest BCUT2D eigenvalue weighted by molar-refractivity contribution is -0.118.